The summed E-state index contributed by atoms with van der Waals surface area (Å²) in [7, 11) is 1.27. The highest BCUT2D eigenvalue weighted by Crippen LogP contribution is 2.52. The van der Waals surface area contributed by atoms with E-state index in [0.29, 0.717) is 0 Å². The number of hydrogen-bond donors (Lipinski definition) is 3. The van der Waals surface area contributed by atoms with Gasteiger partial charge in [0.2, 0.25) is 11.4 Å². The molecule has 0 aromatic heterocycles. The number of benzene rings is 1. The van der Waals surface area contributed by atoms with Crippen molar-refractivity contribution < 1.29 is 38.9 Å². The number of halogens is 1. The SMILES string of the molecule is COc1cc(C(=O)O/N=C(\N)C(C)(C)O)c(Cl)c2c1C(=O)[C@@]1(O2)C(O)=CC(=O)C[C@H]1C. The molecule has 1 heterocycles. The molecule has 1 aromatic carbocycles. The van der Waals surface area contributed by atoms with Crippen LogP contribution in [0.4, 0.5) is 0 Å². The molecule has 0 radical (unpaired) electrons. The number of aliphatic hydroxyl groups excluding tert-OH is 1. The normalized spacial score (nSPS) is 23.4. The summed E-state index contributed by atoms with van der Waals surface area (Å²) in [6.07, 6.45) is 0.900. The molecule has 166 valence electrons. The second-order valence-corrected chi connectivity index (χ2v) is 8.20. The van der Waals surface area contributed by atoms with Crippen LogP contribution in [0.15, 0.2) is 23.1 Å². The maximum absolute atomic E-state index is 13.3. The second kappa shape index (κ2) is 7.54. The molecule has 0 saturated heterocycles. The molecule has 1 aliphatic carbocycles. The number of methoxy groups -OCH3 is 1. The highest BCUT2D eigenvalue weighted by atomic mass is 35.5. The van der Waals surface area contributed by atoms with E-state index in [9.17, 15) is 24.6 Å². The summed E-state index contributed by atoms with van der Waals surface area (Å²) in [4.78, 5) is 42.3. The molecule has 1 aliphatic heterocycles. The number of oxime groups is 1. The Labute approximate surface area is 182 Å². The predicted octanol–water partition coefficient (Wildman–Crippen LogP) is 1.91. The Morgan fingerprint density at radius 1 is 1.42 bits per heavy atom. The summed E-state index contributed by atoms with van der Waals surface area (Å²) >= 11 is 6.34. The minimum absolute atomic E-state index is 0.0381. The zero-order valence-corrected chi connectivity index (χ0v) is 17.9. The monoisotopic (exact) mass is 452 g/mol. The molecule has 2 aliphatic rings. The Bertz CT molecular complexity index is 1060. The van der Waals surface area contributed by atoms with Crippen LogP contribution in [0.25, 0.3) is 0 Å². The minimum Gasteiger partial charge on any atom is -0.507 e. The van der Waals surface area contributed by atoms with E-state index in [1.807, 2.05) is 0 Å². The van der Waals surface area contributed by atoms with Crippen molar-refractivity contribution in [1.82, 2.24) is 0 Å². The molecule has 3 rings (SSSR count). The fourth-order valence-corrected chi connectivity index (χ4v) is 3.65. The third-order valence-electron chi connectivity index (χ3n) is 5.19. The van der Waals surface area contributed by atoms with Crippen LogP contribution in [0, 0.1) is 5.92 Å². The third-order valence-corrected chi connectivity index (χ3v) is 5.56. The Morgan fingerprint density at radius 3 is 2.61 bits per heavy atom. The lowest BCUT2D eigenvalue weighted by Gasteiger charge is -2.34. The maximum atomic E-state index is 13.3. The number of rotatable bonds is 4. The van der Waals surface area contributed by atoms with Crippen molar-refractivity contribution >= 4 is 35.0 Å². The third kappa shape index (κ3) is 3.51. The fourth-order valence-electron chi connectivity index (χ4n) is 3.39. The molecule has 1 aromatic rings. The predicted molar refractivity (Wildman–Crippen MR) is 109 cm³/mol. The highest BCUT2D eigenvalue weighted by Gasteiger charge is 2.59. The number of ether oxygens (including phenoxy) is 2. The number of hydrogen-bond acceptors (Lipinski definition) is 9. The molecule has 31 heavy (non-hydrogen) atoms. The number of carbonyl (C=O) groups excluding carboxylic acids is 3. The van der Waals surface area contributed by atoms with Gasteiger partial charge in [-0.15, -0.1) is 0 Å². The maximum Gasteiger partial charge on any atom is 0.367 e. The summed E-state index contributed by atoms with van der Waals surface area (Å²) in [5, 5.41) is 23.3. The number of allylic oxidation sites excluding steroid dienone is 1. The van der Waals surface area contributed by atoms with Crippen molar-refractivity contribution in [2.45, 2.75) is 38.4 Å². The average Bonchev–Trinajstić information content (AvgIpc) is 2.99. The lowest BCUT2D eigenvalue weighted by molar-refractivity contribution is -0.118. The molecule has 11 heteroatoms. The number of aliphatic hydroxyl groups is 2. The zero-order valence-electron chi connectivity index (χ0n) is 17.2. The van der Waals surface area contributed by atoms with Gasteiger partial charge in [0.05, 0.1) is 17.7 Å². The molecule has 0 saturated carbocycles. The number of fused-ring (bicyclic) bond motifs is 1. The van der Waals surface area contributed by atoms with Crippen LogP contribution in [-0.4, -0.2) is 51.9 Å². The van der Waals surface area contributed by atoms with E-state index in [-0.39, 0.29) is 45.7 Å². The molecule has 10 nitrogen and oxygen atoms in total. The Balaban J connectivity index is 2.08. The molecular formula is C20H21ClN2O8. The van der Waals surface area contributed by atoms with E-state index >= 15 is 0 Å². The van der Waals surface area contributed by atoms with Crippen LogP contribution in [0.2, 0.25) is 5.02 Å². The first-order chi connectivity index (χ1) is 14.3. The standard InChI is InChI=1S/C20H21ClN2O8/c1-8-5-9(24)6-12(25)20(8)16(26)13-11(29-4)7-10(14(21)15(13)30-20)17(27)31-23-18(22)19(2,3)28/h6-8,25,28H,5H2,1-4H3,(H2,22,23)/t8-,20+/m1/s1. The summed E-state index contributed by atoms with van der Waals surface area (Å²) in [6.45, 7) is 4.27. The first-order valence-electron chi connectivity index (χ1n) is 9.20. The lowest BCUT2D eigenvalue weighted by Crippen LogP contribution is -2.51. The van der Waals surface area contributed by atoms with E-state index in [1.54, 1.807) is 6.92 Å². The van der Waals surface area contributed by atoms with E-state index in [4.69, 9.17) is 31.6 Å². The van der Waals surface area contributed by atoms with Gasteiger partial charge in [0.1, 0.15) is 22.7 Å². The van der Waals surface area contributed by atoms with E-state index in [2.05, 4.69) is 5.16 Å². The van der Waals surface area contributed by atoms with Crippen molar-refractivity contribution in [3.63, 3.8) is 0 Å². The summed E-state index contributed by atoms with van der Waals surface area (Å²) in [6, 6.07) is 1.17. The van der Waals surface area contributed by atoms with Gasteiger partial charge in [-0.1, -0.05) is 23.7 Å². The van der Waals surface area contributed by atoms with E-state index < -0.39 is 34.6 Å². The molecule has 0 bridgehead atoms. The molecule has 2 atom stereocenters. The number of carbonyl (C=O) groups is 3. The number of amidine groups is 1. The topological polar surface area (TPSA) is 158 Å². The van der Waals surface area contributed by atoms with Gasteiger partial charge in [-0.3, -0.25) is 9.59 Å². The minimum atomic E-state index is -1.86. The van der Waals surface area contributed by atoms with Crippen LogP contribution in [0.5, 0.6) is 11.5 Å². The Morgan fingerprint density at radius 2 is 2.06 bits per heavy atom. The number of ketones is 2. The highest BCUT2D eigenvalue weighted by molar-refractivity contribution is 6.36. The number of Topliss-reactive ketones (excluding diaryl/α,β-unsaturated/α-hetero) is 1. The number of nitrogens with two attached hydrogens (primary N) is 1. The first kappa shape index (κ1) is 22.6. The largest absolute Gasteiger partial charge is 0.507 e. The van der Waals surface area contributed by atoms with Crippen molar-refractivity contribution in [1.29, 1.82) is 0 Å². The van der Waals surface area contributed by atoms with Crippen molar-refractivity contribution in [2.75, 3.05) is 7.11 Å². The molecular weight excluding hydrogens is 432 g/mol. The Hall–Kier alpha value is -3.11. The fraction of sp³-hybridized carbons (Fsp3) is 0.400. The summed E-state index contributed by atoms with van der Waals surface area (Å²) < 4.78 is 11.1. The second-order valence-electron chi connectivity index (χ2n) is 7.83. The van der Waals surface area contributed by atoms with Crippen LogP contribution in [0.1, 0.15) is 47.9 Å². The number of nitrogens with zero attached hydrogens (tertiary/aromatic N) is 1. The van der Waals surface area contributed by atoms with Gasteiger partial charge in [-0.25, -0.2) is 4.79 Å². The van der Waals surface area contributed by atoms with Gasteiger partial charge in [-0.2, -0.15) is 0 Å². The van der Waals surface area contributed by atoms with Gasteiger partial charge >= 0.3 is 5.97 Å². The molecule has 0 unspecified atom stereocenters. The van der Waals surface area contributed by atoms with Crippen LogP contribution >= 0.6 is 11.6 Å². The van der Waals surface area contributed by atoms with E-state index in [0.717, 1.165) is 6.08 Å². The van der Waals surface area contributed by atoms with E-state index in [1.165, 1.54) is 27.0 Å². The van der Waals surface area contributed by atoms with Crippen molar-refractivity contribution in [3.8, 4) is 11.5 Å². The van der Waals surface area contributed by atoms with Gasteiger partial charge in [-0.05, 0) is 19.9 Å². The Kier molecular flexibility index (Phi) is 5.49. The molecule has 4 N–H and O–H groups in total. The average molecular weight is 453 g/mol. The first-order valence-corrected chi connectivity index (χ1v) is 9.58. The van der Waals surface area contributed by atoms with Gasteiger partial charge in [0, 0.05) is 18.4 Å². The zero-order chi connectivity index (χ0) is 23.3. The quantitative estimate of drug-likeness (QED) is 0.268. The molecule has 0 amide bonds. The van der Waals surface area contributed by atoms with Crippen molar-refractivity contribution in [3.05, 3.63) is 34.1 Å². The lowest BCUT2D eigenvalue weighted by atomic mass is 9.75. The molecule has 1 spiro atoms. The molecule has 0 fully saturated rings. The van der Waals surface area contributed by atoms with Gasteiger partial charge in [0.15, 0.2) is 17.4 Å². The summed E-state index contributed by atoms with van der Waals surface area (Å²) in [5.74, 6) is -3.93. The van der Waals surface area contributed by atoms with Crippen LogP contribution in [0.3, 0.4) is 0 Å². The smallest absolute Gasteiger partial charge is 0.367 e. The summed E-state index contributed by atoms with van der Waals surface area (Å²) in [5.41, 5.74) is 1.83. The van der Waals surface area contributed by atoms with Crippen LogP contribution in [-0.2, 0) is 9.63 Å². The van der Waals surface area contributed by atoms with Gasteiger partial charge < -0.3 is 30.3 Å². The van der Waals surface area contributed by atoms with Crippen LogP contribution < -0.4 is 15.2 Å². The van der Waals surface area contributed by atoms with Crippen molar-refractivity contribution in [2.24, 2.45) is 16.8 Å². The van der Waals surface area contributed by atoms with Gasteiger partial charge in [0.25, 0.3) is 0 Å².